The number of aryl methyl sites for hydroxylation is 1. The van der Waals surface area contributed by atoms with Crippen LogP contribution in [0.25, 0.3) is 0 Å². The fraction of sp³-hybridized carbons (Fsp3) is 0.200. The molecule has 0 bridgehead atoms. The summed E-state index contributed by atoms with van der Waals surface area (Å²) in [6, 6.07) is 3.76. The molecule has 0 atom stereocenters. The average molecular weight is 256 g/mol. The van der Waals surface area contributed by atoms with Crippen LogP contribution in [0, 0.1) is 0 Å². The summed E-state index contributed by atoms with van der Waals surface area (Å²) >= 11 is 7.29. The Morgan fingerprint density at radius 2 is 2.38 bits per heavy atom. The van der Waals surface area contributed by atoms with E-state index in [1.807, 2.05) is 12.1 Å². The summed E-state index contributed by atoms with van der Waals surface area (Å²) in [4.78, 5) is 16.7. The van der Waals surface area contributed by atoms with Crippen LogP contribution in [0.3, 0.4) is 0 Å². The van der Waals surface area contributed by atoms with Gasteiger partial charge in [0.15, 0.2) is 5.82 Å². The molecule has 0 saturated carbocycles. The van der Waals surface area contributed by atoms with Gasteiger partial charge in [-0.3, -0.25) is 4.79 Å². The van der Waals surface area contributed by atoms with E-state index < -0.39 is 0 Å². The highest BCUT2D eigenvalue weighted by molar-refractivity contribution is 7.16. The minimum atomic E-state index is -0.134. The number of nitrogens with zero attached hydrogens (tertiary/aromatic N) is 2. The second-order valence-corrected chi connectivity index (χ2v) is 5.05. The van der Waals surface area contributed by atoms with E-state index in [2.05, 4.69) is 10.3 Å². The minimum absolute atomic E-state index is 0.134. The van der Waals surface area contributed by atoms with Crippen LogP contribution in [-0.4, -0.2) is 9.55 Å². The van der Waals surface area contributed by atoms with Crippen LogP contribution < -0.4 is 10.9 Å². The molecule has 0 fully saturated rings. The zero-order valence-electron chi connectivity index (χ0n) is 8.61. The number of thiophene rings is 1. The maximum atomic E-state index is 11.6. The molecule has 0 aliphatic heterocycles. The lowest BCUT2D eigenvalue weighted by atomic mass is 10.4. The second kappa shape index (κ2) is 4.67. The maximum absolute atomic E-state index is 11.6. The van der Waals surface area contributed by atoms with Gasteiger partial charge in [-0.2, -0.15) is 0 Å². The van der Waals surface area contributed by atoms with Gasteiger partial charge in [0.05, 0.1) is 10.9 Å². The first-order valence-corrected chi connectivity index (χ1v) is 5.86. The lowest BCUT2D eigenvalue weighted by molar-refractivity contribution is 0.840. The molecular weight excluding hydrogens is 246 g/mol. The number of aromatic nitrogens is 2. The molecule has 84 valence electrons. The van der Waals surface area contributed by atoms with E-state index in [4.69, 9.17) is 11.6 Å². The van der Waals surface area contributed by atoms with Crippen LogP contribution in [0.4, 0.5) is 5.82 Å². The van der Waals surface area contributed by atoms with E-state index in [-0.39, 0.29) is 5.56 Å². The van der Waals surface area contributed by atoms with Crippen molar-refractivity contribution in [3.05, 3.63) is 44.1 Å². The number of anilines is 1. The van der Waals surface area contributed by atoms with Crippen molar-refractivity contribution in [2.45, 2.75) is 6.54 Å². The molecule has 16 heavy (non-hydrogen) atoms. The van der Waals surface area contributed by atoms with E-state index in [9.17, 15) is 4.79 Å². The fourth-order valence-corrected chi connectivity index (χ4v) is 2.26. The van der Waals surface area contributed by atoms with E-state index in [0.29, 0.717) is 12.4 Å². The lowest BCUT2D eigenvalue weighted by Crippen LogP contribution is -2.21. The number of hydrogen-bond donors (Lipinski definition) is 1. The molecule has 0 aromatic carbocycles. The molecule has 6 heteroatoms. The fourth-order valence-electron chi connectivity index (χ4n) is 1.24. The molecule has 4 nitrogen and oxygen atoms in total. The summed E-state index contributed by atoms with van der Waals surface area (Å²) in [5, 5.41) is 2.99. The van der Waals surface area contributed by atoms with Crippen LogP contribution in [-0.2, 0) is 13.6 Å². The monoisotopic (exact) mass is 255 g/mol. The van der Waals surface area contributed by atoms with Crippen LogP contribution in [0.5, 0.6) is 0 Å². The molecule has 0 aliphatic rings. The normalized spacial score (nSPS) is 10.4. The van der Waals surface area contributed by atoms with E-state index in [1.165, 1.54) is 15.9 Å². The van der Waals surface area contributed by atoms with Gasteiger partial charge in [0, 0.05) is 24.3 Å². The van der Waals surface area contributed by atoms with Gasteiger partial charge in [0.2, 0.25) is 0 Å². The topological polar surface area (TPSA) is 46.9 Å². The van der Waals surface area contributed by atoms with Gasteiger partial charge >= 0.3 is 0 Å². The summed E-state index contributed by atoms with van der Waals surface area (Å²) in [5.74, 6) is 0.356. The third kappa shape index (κ3) is 2.43. The molecule has 0 spiro atoms. The smallest absolute Gasteiger partial charge is 0.293 e. The minimum Gasteiger partial charge on any atom is -0.361 e. The summed E-state index contributed by atoms with van der Waals surface area (Å²) in [5.41, 5.74) is -0.134. The highest BCUT2D eigenvalue weighted by atomic mass is 35.5. The third-order valence-electron chi connectivity index (χ3n) is 2.08. The summed E-state index contributed by atoms with van der Waals surface area (Å²) in [6.45, 7) is 0.559. The van der Waals surface area contributed by atoms with Gasteiger partial charge in [-0.05, 0) is 12.1 Å². The van der Waals surface area contributed by atoms with Gasteiger partial charge in [-0.25, -0.2) is 4.98 Å². The number of hydrogen-bond acceptors (Lipinski definition) is 4. The summed E-state index contributed by atoms with van der Waals surface area (Å²) < 4.78 is 2.22. The third-order valence-corrected chi connectivity index (χ3v) is 3.31. The first kappa shape index (κ1) is 11.2. The zero-order chi connectivity index (χ0) is 11.5. The lowest BCUT2D eigenvalue weighted by Gasteiger charge is -2.04. The highest BCUT2D eigenvalue weighted by Crippen LogP contribution is 2.21. The SMILES string of the molecule is Cn1ccnc(NCc2ccc(Cl)s2)c1=O. The summed E-state index contributed by atoms with van der Waals surface area (Å²) in [7, 11) is 1.69. The van der Waals surface area contributed by atoms with Crippen LogP contribution in [0.2, 0.25) is 4.34 Å². The Morgan fingerprint density at radius 3 is 3.06 bits per heavy atom. The van der Waals surface area contributed by atoms with E-state index >= 15 is 0 Å². The predicted molar refractivity (Wildman–Crippen MR) is 66.1 cm³/mol. The average Bonchev–Trinajstić information content (AvgIpc) is 2.67. The Bertz CT molecular complexity index is 549. The van der Waals surface area contributed by atoms with Crippen molar-refractivity contribution in [3.8, 4) is 0 Å². The largest absolute Gasteiger partial charge is 0.361 e. The molecule has 2 aromatic heterocycles. The number of rotatable bonds is 3. The second-order valence-electron chi connectivity index (χ2n) is 3.25. The Morgan fingerprint density at radius 1 is 1.56 bits per heavy atom. The molecule has 0 radical (unpaired) electrons. The van der Waals surface area contributed by atoms with Crippen molar-refractivity contribution in [3.63, 3.8) is 0 Å². The van der Waals surface area contributed by atoms with Crippen LogP contribution in [0.1, 0.15) is 4.88 Å². The molecule has 1 N–H and O–H groups in total. The van der Waals surface area contributed by atoms with Crippen molar-refractivity contribution in [1.29, 1.82) is 0 Å². The van der Waals surface area contributed by atoms with Crippen LogP contribution >= 0.6 is 22.9 Å². The Balaban J connectivity index is 2.11. The molecule has 0 unspecified atom stereocenters. The van der Waals surface area contributed by atoms with Crippen LogP contribution in [0.15, 0.2) is 29.3 Å². The maximum Gasteiger partial charge on any atom is 0.293 e. The van der Waals surface area contributed by atoms with Gasteiger partial charge in [-0.1, -0.05) is 11.6 Å². The van der Waals surface area contributed by atoms with Crippen molar-refractivity contribution < 1.29 is 0 Å². The molecular formula is C10H10ClN3OS. The standard InChI is InChI=1S/C10H10ClN3OS/c1-14-5-4-12-9(10(14)15)13-6-7-2-3-8(11)16-7/h2-5H,6H2,1H3,(H,12,13). The molecule has 2 heterocycles. The molecule has 0 aliphatic carbocycles. The highest BCUT2D eigenvalue weighted by Gasteiger charge is 2.03. The molecule has 2 aromatic rings. The van der Waals surface area contributed by atoms with Gasteiger partial charge in [-0.15, -0.1) is 11.3 Å². The van der Waals surface area contributed by atoms with Gasteiger partial charge in [0.1, 0.15) is 0 Å². The van der Waals surface area contributed by atoms with Gasteiger partial charge in [0.25, 0.3) is 5.56 Å². The Hall–Kier alpha value is -1.33. The van der Waals surface area contributed by atoms with Gasteiger partial charge < -0.3 is 9.88 Å². The Kier molecular flexibility index (Phi) is 3.26. The van der Waals surface area contributed by atoms with E-state index in [1.54, 1.807) is 19.4 Å². The Labute approximate surface area is 102 Å². The molecule has 0 saturated heterocycles. The molecule has 2 rings (SSSR count). The zero-order valence-corrected chi connectivity index (χ0v) is 10.2. The first-order valence-electron chi connectivity index (χ1n) is 4.66. The van der Waals surface area contributed by atoms with Crippen molar-refractivity contribution in [2.75, 3.05) is 5.32 Å². The van der Waals surface area contributed by atoms with E-state index in [0.717, 1.165) is 9.21 Å². The number of halogens is 1. The predicted octanol–water partition coefficient (Wildman–Crippen LogP) is 2.11. The first-order chi connectivity index (χ1) is 7.66. The van der Waals surface area contributed by atoms with Crippen molar-refractivity contribution in [2.24, 2.45) is 7.05 Å². The quantitative estimate of drug-likeness (QED) is 0.914. The number of nitrogens with one attached hydrogen (secondary N) is 1. The van der Waals surface area contributed by atoms with Crippen molar-refractivity contribution in [1.82, 2.24) is 9.55 Å². The van der Waals surface area contributed by atoms with Crippen molar-refractivity contribution >= 4 is 28.8 Å². The molecule has 0 amide bonds. The summed E-state index contributed by atoms with van der Waals surface area (Å²) in [6.07, 6.45) is 3.21.